The van der Waals surface area contributed by atoms with Gasteiger partial charge in [0.15, 0.2) is 0 Å². The van der Waals surface area contributed by atoms with Gasteiger partial charge >= 0.3 is 5.63 Å². The molecule has 25 heavy (non-hydrogen) atoms. The Labute approximate surface area is 145 Å². The summed E-state index contributed by atoms with van der Waals surface area (Å²) in [5.41, 5.74) is 3.73. The monoisotopic (exact) mass is 328 g/mol. The third-order valence-electron chi connectivity index (χ3n) is 4.22. The second-order valence-electron chi connectivity index (χ2n) is 5.80. The molecule has 0 saturated heterocycles. The van der Waals surface area contributed by atoms with Crippen LogP contribution >= 0.6 is 0 Å². The van der Waals surface area contributed by atoms with Gasteiger partial charge < -0.3 is 9.15 Å². The Hall–Kier alpha value is -3.33. The van der Waals surface area contributed by atoms with E-state index in [2.05, 4.69) is 12.1 Å². The van der Waals surface area contributed by atoms with Gasteiger partial charge in [0.1, 0.15) is 11.3 Å². The number of ether oxygens (including phenoxy) is 1. The van der Waals surface area contributed by atoms with E-state index in [9.17, 15) is 4.79 Å². The SMILES string of the molecule is COc1cccc(-c2cc3cc(-c4ccccc4)ccc3oc2=O)c1. The third-order valence-corrected chi connectivity index (χ3v) is 4.22. The van der Waals surface area contributed by atoms with Crippen LogP contribution in [0.3, 0.4) is 0 Å². The fourth-order valence-corrected chi connectivity index (χ4v) is 2.93. The van der Waals surface area contributed by atoms with Crippen LogP contribution < -0.4 is 10.4 Å². The van der Waals surface area contributed by atoms with Gasteiger partial charge in [-0.15, -0.1) is 0 Å². The molecule has 4 rings (SSSR count). The van der Waals surface area contributed by atoms with Gasteiger partial charge in [-0.2, -0.15) is 0 Å². The molecule has 0 unspecified atom stereocenters. The Morgan fingerprint density at radius 3 is 2.36 bits per heavy atom. The molecule has 0 bridgehead atoms. The molecule has 0 atom stereocenters. The summed E-state index contributed by atoms with van der Waals surface area (Å²) in [6.07, 6.45) is 0. The predicted octanol–water partition coefficient (Wildman–Crippen LogP) is 5.14. The molecule has 3 heteroatoms. The summed E-state index contributed by atoms with van der Waals surface area (Å²) in [7, 11) is 1.61. The normalized spacial score (nSPS) is 10.8. The molecular weight excluding hydrogens is 312 g/mol. The van der Waals surface area contributed by atoms with Crippen LogP contribution in [0.2, 0.25) is 0 Å². The fraction of sp³-hybridized carbons (Fsp3) is 0.0455. The van der Waals surface area contributed by atoms with Crippen LogP contribution in [0.4, 0.5) is 0 Å². The van der Waals surface area contributed by atoms with E-state index in [1.54, 1.807) is 7.11 Å². The molecule has 0 radical (unpaired) electrons. The lowest BCUT2D eigenvalue weighted by Crippen LogP contribution is -2.02. The zero-order valence-electron chi connectivity index (χ0n) is 13.7. The summed E-state index contributed by atoms with van der Waals surface area (Å²) in [6, 6.07) is 25.3. The molecule has 1 aromatic heterocycles. The van der Waals surface area contributed by atoms with E-state index < -0.39 is 0 Å². The minimum atomic E-state index is -0.354. The molecule has 0 N–H and O–H groups in total. The highest BCUT2D eigenvalue weighted by atomic mass is 16.5. The summed E-state index contributed by atoms with van der Waals surface area (Å²) in [5.74, 6) is 0.704. The lowest BCUT2D eigenvalue weighted by Gasteiger charge is -2.07. The molecule has 122 valence electrons. The maximum Gasteiger partial charge on any atom is 0.344 e. The number of hydrogen-bond acceptors (Lipinski definition) is 3. The number of methoxy groups -OCH3 is 1. The van der Waals surface area contributed by atoms with E-state index in [0.717, 1.165) is 22.1 Å². The summed E-state index contributed by atoms with van der Waals surface area (Å²) in [6.45, 7) is 0. The lowest BCUT2D eigenvalue weighted by atomic mass is 10.0. The Kier molecular flexibility index (Phi) is 3.82. The molecule has 0 aliphatic rings. The van der Waals surface area contributed by atoms with Gasteiger partial charge in [0.25, 0.3) is 0 Å². The predicted molar refractivity (Wildman–Crippen MR) is 99.9 cm³/mol. The zero-order chi connectivity index (χ0) is 17.2. The van der Waals surface area contributed by atoms with E-state index in [-0.39, 0.29) is 5.63 Å². The quantitative estimate of drug-likeness (QED) is 0.489. The van der Waals surface area contributed by atoms with Crippen molar-refractivity contribution in [3.63, 3.8) is 0 Å². The van der Waals surface area contributed by atoms with E-state index in [0.29, 0.717) is 16.9 Å². The number of benzene rings is 3. The molecule has 3 nitrogen and oxygen atoms in total. The zero-order valence-corrected chi connectivity index (χ0v) is 13.7. The van der Waals surface area contributed by atoms with Crippen LogP contribution in [0.15, 0.2) is 88.1 Å². The van der Waals surface area contributed by atoms with Gasteiger partial charge in [-0.05, 0) is 47.0 Å². The van der Waals surface area contributed by atoms with E-state index >= 15 is 0 Å². The van der Waals surface area contributed by atoms with Crippen molar-refractivity contribution >= 4 is 11.0 Å². The van der Waals surface area contributed by atoms with Gasteiger partial charge in [-0.25, -0.2) is 4.79 Å². The van der Waals surface area contributed by atoms with Gasteiger partial charge in [0, 0.05) is 5.39 Å². The van der Waals surface area contributed by atoms with Crippen molar-refractivity contribution in [2.45, 2.75) is 0 Å². The smallest absolute Gasteiger partial charge is 0.344 e. The van der Waals surface area contributed by atoms with Crippen LogP contribution in [-0.2, 0) is 0 Å². The summed E-state index contributed by atoms with van der Waals surface area (Å²) < 4.78 is 10.8. The van der Waals surface area contributed by atoms with E-state index in [4.69, 9.17) is 9.15 Å². The number of hydrogen-bond donors (Lipinski definition) is 0. The molecule has 4 aromatic rings. The van der Waals surface area contributed by atoms with Crippen molar-refractivity contribution in [3.05, 3.63) is 89.3 Å². The number of rotatable bonds is 3. The van der Waals surface area contributed by atoms with E-state index in [1.807, 2.05) is 66.7 Å². The molecule has 0 aliphatic heterocycles. The molecule has 0 saturated carbocycles. The van der Waals surface area contributed by atoms with Crippen molar-refractivity contribution in [1.29, 1.82) is 0 Å². The Morgan fingerprint density at radius 1 is 0.760 bits per heavy atom. The van der Waals surface area contributed by atoms with Crippen molar-refractivity contribution in [1.82, 2.24) is 0 Å². The van der Waals surface area contributed by atoms with Gasteiger partial charge in [-0.1, -0.05) is 48.5 Å². The van der Waals surface area contributed by atoms with Crippen LogP contribution in [0.25, 0.3) is 33.2 Å². The Morgan fingerprint density at radius 2 is 1.56 bits per heavy atom. The third kappa shape index (κ3) is 2.92. The first-order valence-electron chi connectivity index (χ1n) is 8.02. The van der Waals surface area contributed by atoms with Crippen molar-refractivity contribution < 1.29 is 9.15 Å². The molecule has 0 amide bonds. The van der Waals surface area contributed by atoms with E-state index in [1.165, 1.54) is 0 Å². The fourth-order valence-electron chi connectivity index (χ4n) is 2.93. The highest BCUT2D eigenvalue weighted by molar-refractivity contribution is 5.86. The van der Waals surface area contributed by atoms with Crippen LogP contribution in [-0.4, -0.2) is 7.11 Å². The molecule has 1 heterocycles. The maximum absolute atomic E-state index is 12.4. The van der Waals surface area contributed by atoms with Crippen molar-refractivity contribution in [2.24, 2.45) is 0 Å². The first-order chi connectivity index (χ1) is 12.2. The highest BCUT2D eigenvalue weighted by Gasteiger charge is 2.09. The molecule has 3 aromatic carbocycles. The Bertz CT molecular complexity index is 1090. The topological polar surface area (TPSA) is 39.4 Å². The second kappa shape index (κ2) is 6.29. The Balaban J connectivity index is 1.88. The maximum atomic E-state index is 12.4. The summed E-state index contributed by atoms with van der Waals surface area (Å²) in [5, 5.41) is 0.888. The largest absolute Gasteiger partial charge is 0.497 e. The molecule has 0 aliphatic carbocycles. The average Bonchev–Trinajstić information content (AvgIpc) is 2.68. The van der Waals surface area contributed by atoms with Crippen LogP contribution in [0.5, 0.6) is 5.75 Å². The summed E-state index contributed by atoms with van der Waals surface area (Å²) >= 11 is 0. The standard InChI is InChI=1S/C22H16O3/c1-24-19-9-5-8-17(13-19)20-14-18-12-16(15-6-3-2-4-7-15)10-11-21(18)25-22(20)23/h2-14H,1H3. The van der Waals surface area contributed by atoms with Crippen LogP contribution in [0, 0.1) is 0 Å². The first kappa shape index (κ1) is 15.2. The number of fused-ring (bicyclic) bond motifs is 1. The summed E-state index contributed by atoms with van der Waals surface area (Å²) in [4.78, 5) is 12.4. The average molecular weight is 328 g/mol. The first-order valence-corrected chi connectivity index (χ1v) is 8.02. The van der Waals surface area contributed by atoms with Gasteiger partial charge in [-0.3, -0.25) is 0 Å². The minimum absolute atomic E-state index is 0.354. The van der Waals surface area contributed by atoms with Crippen molar-refractivity contribution in [3.8, 4) is 28.0 Å². The second-order valence-corrected chi connectivity index (χ2v) is 5.80. The lowest BCUT2D eigenvalue weighted by molar-refractivity contribution is 0.415. The van der Waals surface area contributed by atoms with Gasteiger partial charge in [0.05, 0.1) is 12.7 Å². The van der Waals surface area contributed by atoms with Crippen molar-refractivity contribution in [2.75, 3.05) is 7.11 Å². The molecular formula is C22H16O3. The minimum Gasteiger partial charge on any atom is -0.497 e. The highest BCUT2D eigenvalue weighted by Crippen LogP contribution is 2.27. The molecule has 0 fully saturated rings. The molecule has 0 spiro atoms. The van der Waals surface area contributed by atoms with Crippen LogP contribution in [0.1, 0.15) is 0 Å². The van der Waals surface area contributed by atoms with Gasteiger partial charge in [0.2, 0.25) is 0 Å².